The van der Waals surface area contributed by atoms with Crippen molar-refractivity contribution >= 4 is 25.2 Å². The quantitative estimate of drug-likeness (QED) is 0.246. The minimum Gasteiger partial charge on any atom is -0.461 e. The van der Waals surface area contributed by atoms with Crippen LogP contribution in [0.2, 0.25) is 5.02 Å². The van der Waals surface area contributed by atoms with Gasteiger partial charge in [-0.3, -0.25) is 23.7 Å². The Morgan fingerprint density at radius 1 is 1.15 bits per heavy atom. The fourth-order valence-corrected chi connectivity index (χ4v) is 6.32. The Balaban J connectivity index is 1.28. The van der Waals surface area contributed by atoms with Gasteiger partial charge in [-0.05, 0) is 29.8 Å². The van der Waals surface area contributed by atoms with Crippen LogP contribution in [0, 0.1) is 0 Å². The first-order valence-electron chi connectivity index (χ1n) is 12.8. The highest BCUT2D eigenvalue weighted by Crippen LogP contribution is 2.52. The average Bonchev–Trinajstić information content (AvgIpc) is 3.24. The largest absolute Gasteiger partial charge is 0.461 e. The summed E-state index contributed by atoms with van der Waals surface area (Å²) in [6.45, 7) is -0.0325. The van der Waals surface area contributed by atoms with E-state index in [0.29, 0.717) is 18.1 Å². The van der Waals surface area contributed by atoms with E-state index >= 15 is 0 Å². The summed E-state index contributed by atoms with van der Waals surface area (Å²) in [7, 11) is -4.02. The van der Waals surface area contributed by atoms with E-state index in [2.05, 4.69) is 4.98 Å². The van der Waals surface area contributed by atoms with Crippen molar-refractivity contribution in [2.75, 3.05) is 19.4 Å². The van der Waals surface area contributed by atoms with Crippen LogP contribution in [0.4, 0.5) is 0 Å². The van der Waals surface area contributed by atoms with Gasteiger partial charge in [0.25, 0.3) is 5.56 Å². The number of nitrogens with zero attached hydrogens (tertiary/aromatic N) is 1. The van der Waals surface area contributed by atoms with Crippen molar-refractivity contribution in [3.05, 3.63) is 98.3 Å². The number of hydrogen-bond donors (Lipinski definition) is 2. The number of esters is 1. The molecule has 2 fully saturated rings. The van der Waals surface area contributed by atoms with E-state index in [9.17, 15) is 24.1 Å². The highest BCUT2D eigenvalue weighted by molar-refractivity contribution is 7.54. The second kappa shape index (κ2) is 12.3. The third kappa shape index (κ3) is 6.64. The number of carbonyl (C=O) groups is 1. The van der Waals surface area contributed by atoms with Crippen molar-refractivity contribution in [2.24, 2.45) is 0 Å². The zero-order valence-electron chi connectivity index (χ0n) is 21.7. The van der Waals surface area contributed by atoms with Crippen LogP contribution in [0.5, 0.6) is 5.75 Å². The number of aliphatic hydroxyl groups excluding tert-OH is 1. The molecule has 2 aromatic carbocycles. The summed E-state index contributed by atoms with van der Waals surface area (Å²) in [5, 5.41) is 11.6. The molecule has 2 saturated heterocycles. The van der Waals surface area contributed by atoms with E-state index in [4.69, 9.17) is 34.9 Å². The summed E-state index contributed by atoms with van der Waals surface area (Å²) in [6, 6.07) is 16.4. The summed E-state index contributed by atoms with van der Waals surface area (Å²) in [5.41, 5.74) is -1.79. The Hall–Kier alpha value is -3.25. The van der Waals surface area contributed by atoms with Gasteiger partial charge >= 0.3 is 19.3 Å². The molecule has 2 aliphatic heterocycles. The van der Waals surface area contributed by atoms with Crippen LogP contribution in [0.25, 0.3) is 0 Å². The predicted molar refractivity (Wildman–Crippen MR) is 146 cm³/mol. The molecule has 12 nitrogen and oxygen atoms in total. The minimum absolute atomic E-state index is 0.0541. The molecule has 41 heavy (non-hydrogen) atoms. The fraction of sp³-hybridized carbons (Fsp3) is 0.370. The van der Waals surface area contributed by atoms with Crippen molar-refractivity contribution in [3.8, 4) is 5.75 Å². The molecule has 0 saturated carbocycles. The molecule has 0 amide bonds. The van der Waals surface area contributed by atoms with E-state index in [1.165, 1.54) is 18.3 Å². The monoisotopic (exact) mass is 606 g/mol. The molecule has 0 radical (unpaired) electrons. The van der Waals surface area contributed by atoms with Crippen LogP contribution in [-0.4, -0.2) is 57.8 Å². The third-order valence-corrected chi connectivity index (χ3v) is 8.92. The number of carbonyl (C=O) groups excluding carboxylic acids is 1. The van der Waals surface area contributed by atoms with E-state index in [0.717, 1.165) is 16.2 Å². The SMILES string of the molecule is O=C(CCP(=O)(OC[C@H]1O[C@@H](n2ccc(=O)[nH]c2=O)[C@@]2(CCO2)[C@@H]1O)Oc1ccc(Cl)cc1)OCc1ccccc1. The topological polar surface area (TPSA) is 155 Å². The molecule has 1 aromatic heterocycles. The highest BCUT2D eigenvalue weighted by Gasteiger charge is 2.62. The molecule has 0 bridgehead atoms. The average molecular weight is 607 g/mol. The molecule has 3 aromatic rings. The summed E-state index contributed by atoms with van der Waals surface area (Å²) in [6.07, 6.45) is -2.39. The maximum absolute atomic E-state index is 13.8. The number of halogens is 1. The number of benzene rings is 2. The Kier molecular flexibility index (Phi) is 8.79. The van der Waals surface area contributed by atoms with Crippen molar-refractivity contribution < 1.29 is 37.7 Å². The maximum Gasteiger partial charge on any atom is 0.379 e. The molecular formula is C27H28ClN2O10P. The van der Waals surface area contributed by atoms with E-state index in [1.807, 2.05) is 30.3 Å². The molecule has 14 heteroatoms. The van der Waals surface area contributed by atoms with Gasteiger partial charge in [-0.2, -0.15) is 0 Å². The molecule has 2 N–H and O–H groups in total. The Bertz CT molecular complexity index is 1520. The normalized spacial score (nSPS) is 24.9. The molecule has 2 aliphatic rings. The number of ether oxygens (including phenoxy) is 3. The van der Waals surface area contributed by atoms with Gasteiger partial charge in [0.2, 0.25) is 0 Å². The van der Waals surface area contributed by atoms with Gasteiger partial charge in [0, 0.05) is 23.7 Å². The van der Waals surface area contributed by atoms with Crippen molar-refractivity contribution in [1.29, 1.82) is 0 Å². The molecule has 5 atom stereocenters. The van der Waals surface area contributed by atoms with Crippen LogP contribution >= 0.6 is 19.2 Å². The highest BCUT2D eigenvalue weighted by atomic mass is 35.5. The standard InChI is InChI=1S/C27H28ClN2O10P/c28-19-6-8-20(9-7-19)40-41(35,15-11-23(32)36-16-18-4-2-1-3-5-18)38-17-21-24(33)27(12-14-37-27)25(39-21)30-13-10-22(31)29-26(30)34/h1-10,13,21,24-25,33H,11-12,14-17H2,(H,29,31,34)/t21-,24-,25-,27-,41?/m1/s1. The van der Waals surface area contributed by atoms with Crippen LogP contribution in [0.1, 0.15) is 24.6 Å². The smallest absolute Gasteiger partial charge is 0.379 e. The lowest BCUT2D eigenvalue weighted by molar-refractivity contribution is -0.227. The van der Waals surface area contributed by atoms with Crippen molar-refractivity contribution in [1.82, 2.24) is 9.55 Å². The lowest BCUT2D eigenvalue weighted by Crippen LogP contribution is -2.57. The molecule has 1 unspecified atom stereocenters. The van der Waals surface area contributed by atoms with E-state index in [-0.39, 0.29) is 24.9 Å². The first-order chi connectivity index (χ1) is 19.7. The number of aliphatic hydroxyl groups is 1. The Morgan fingerprint density at radius 2 is 1.88 bits per heavy atom. The molecule has 0 aliphatic carbocycles. The van der Waals surface area contributed by atoms with Crippen LogP contribution in [-0.2, 0) is 34.7 Å². The zero-order valence-corrected chi connectivity index (χ0v) is 23.4. The van der Waals surface area contributed by atoms with E-state index in [1.54, 1.807) is 12.1 Å². The number of nitrogens with one attached hydrogen (secondary N) is 1. The van der Waals surface area contributed by atoms with E-state index < -0.39 is 55.5 Å². The maximum atomic E-state index is 13.8. The number of rotatable bonds is 11. The number of aromatic amines is 1. The molecule has 5 rings (SSSR count). The lowest BCUT2D eigenvalue weighted by atomic mass is 9.86. The summed E-state index contributed by atoms with van der Waals surface area (Å²) >= 11 is 5.95. The summed E-state index contributed by atoms with van der Waals surface area (Å²) < 4.78 is 43.4. The number of hydrogen-bond acceptors (Lipinski definition) is 10. The molecule has 3 heterocycles. The number of aromatic nitrogens is 2. The van der Waals surface area contributed by atoms with Crippen molar-refractivity contribution in [2.45, 2.75) is 43.5 Å². The second-order valence-electron chi connectivity index (χ2n) is 9.61. The Morgan fingerprint density at radius 3 is 2.54 bits per heavy atom. The summed E-state index contributed by atoms with van der Waals surface area (Å²) in [4.78, 5) is 38.6. The van der Waals surface area contributed by atoms with Gasteiger partial charge in [-0.25, -0.2) is 9.36 Å². The Labute approximate surface area is 239 Å². The van der Waals surface area contributed by atoms with Crippen LogP contribution < -0.4 is 15.8 Å². The van der Waals surface area contributed by atoms with Gasteiger partial charge in [-0.15, -0.1) is 0 Å². The van der Waals surface area contributed by atoms with Gasteiger partial charge in [0.05, 0.1) is 25.8 Å². The van der Waals surface area contributed by atoms with Gasteiger partial charge in [0.15, 0.2) is 6.23 Å². The minimum atomic E-state index is -4.02. The zero-order chi connectivity index (χ0) is 29.0. The predicted octanol–water partition coefficient (Wildman–Crippen LogP) is 3.03. The van der Waals surface area contributed by atoms with Crippen LogP contribution in [0.3, 0.4) is 0 Å². The van der Waals surface area contributed by atoms with Crippen molar-refractivity contribution in [3.63, 3.8) is 0 Å². The fourth-order valence-electron chi connectivity index (χ4n) is 4.64. The molecule has 218 valence electrons. The lowest BCUT2D eigenvalue weighted by Gasteiger charge is -2.44. The van der Waals surface area contributed by atoms with Crippen LogP contribution in [0.15, 0.2) is 76.4 Å². The third-order valence-electron chi connectivity index (χ3n) is 6.87. The van der Waals surface area contributed by atoms with Gasteiger partial charge < -0.3 is 23.8 Å². The second-order valence-corrected chi connectivity index (χ2v) is 12.2. The first kappa shape index (κ1) is 29.2. The first-order valence-corrected chi connectivity index (χ1v) is 15.0. The molecule has 1 spiro atoms. The van der Waals surface area contributed by atoms with Gasteiger partial charge in [-0.1, -0.05) is 41.9 Å². The summed E-state index contributed by atoms with van der Waals surface area (Å²) in [5.74, 6) is -0.409. The van der Waals surface area contributed by atoms with Gasteiger partial charge in [0.1, 0.15) is 30.2 Å². The molecular weight excluding hydrogens is 579 g/mol. The number of H-pyrrole nitrogens is 1.